The van der Waals surface area contributed by atoms with Crippen LogP contribution in [-0.2, 0) is 16.6 Å². The third kappa shape index (κ3) is 3.73. The minimum Gasteiger partial charge on any atom is -0.310 e. The van der Waals surface area contributed by atoms with Crippen LogP contribution in [0, 0.1) is 6.92 Å². The molecule has 2 aromatic carbocycles. The van der Waals surface area contributed by atoms with E-state index in [0.717, 1.165) is 30.3 Å². The Labute approximate surface area is 176 Å². The molecule has 0 saturated carbocycles. The molecule has 8 heteroatoms. The van der Waals surface area contributed by atoms with Crippen molar-refractivity contribution >= 4 is 32.9 Å². The maximum absolute atomic E-state index is 13.1. The number of carbonyl (C=O) groups excluding carboxylic acids is 1. The fourth-order valence-corrected chi connectivity index (χ4v) is 5.70. The predicted octanol–water partition coefficient (Wildman–Crippen LogP) is 3.79. The zero-order valence-corrected chi connectivity index (χ0v) is 18.1. The van der Waals surface area contributed by atoms with Crippen LogP contribution in [0.5, 0.6) is 0 Å². The number of carbonyl (C=O) groups is 1. The Morgan fingerprint density at radius 2 is 1.83 bits per heavy atom. The van der Waals surface area contributed by atoms with Crippen molar-refractivity contribution in [3.63, 3.8) is 0 Å². The van der Waals surface area contributed by atoms with Gasteiger partial charge in [0.2, 0.25) is 16.0 Å². The van der Waals surface area contributed by atoms with Gasteiger partial charge in [-0.05, 0) is 56.5 Å². The lowest BCUT2D eigenvalue weighted by atomic mass is 10.1. The van der Waals surface area contributed by atoms with Crippen LogP contribution in [0.4, 0.5) is 5.95 Å². The van der Waals surface area contributed by atoms with Crippen LogP contribution in [0.15, 0.2) is 47.4 Å². The Balaban J connectivity index is 1.65. The van der Waals surface area contributed by atoms with Gasteiger partial charge in [0, 0.05) is 25.2 Å². The number of nitrogens with one attached hydrogen (secondary N) is 1. The maximum atomic E-state index is 13.1. The number of para-hydroxylation sites is 2. The first-order valence-electron chi connectivity index (χ1n) is 10.3. The van der Waals surface area contributed by atoms with Crippen LogP contribution in [0.2, 0.25) is 0 Å². The largest absolute Gasteiger partial charge is 0.310 e. The van der Waals surface area contributed by atoms with Gasteiger partial charge in [-0.2, -0.15) is 4.31 Å². The lowest BCUT2D eigenvalue weighted by Gasteiger charge is -2.26. The number of piperidine rings is 1. The molecule has 1 N–H and O–H groups in total. The summed E-state index contributed by atoms with van der Waals surface area (Å²) in [6, 6.07) is 12.5. The number of fused-ring (bicyclic) bond motifs is 1. The number of nitrogens with zero attached hydrogens (tertiary/aromatic N) is 3. The Morgan fingerprint density at radius 1 is 1.10 bits per heavy atom. The SMILES string of the molecule is CCn1c(NC(=O)c2ccc(C)c(S(=O)(=O)N3CCCCC3)c2)nc2ccccc21. The van der Waals surface area contributed by atoms with E-state index in [1.165, 1.54) is 10.4 Å². The number of anilines is 1. The normalized spacial score (nSPS) is 15.4. The van der Waals surface area contributed by atoms with Crippen molar-refractivity contribution < 1.29 is 13.2 Å². The lowest BCUT2D eigenvalue weighted by Crippen LogP contribution is -2.36. The number of amides is 1. The smallest absolute Gasteiger partial charge is 0.258 e. The first-order chi connectivity index (χ1) is 14.4. The Hall–Kier alpha value is -2.71. The summed E-state index contributed by atoms with van der Waals surface area (Å²) < 4.78 is 29.7. The number of benzene rings is 2. The summed E-state index contributed by atoms with van der Waals surface area (Å²) in [6.45, 7) is 5.45. The summed E-state index contributed by atoms with van der Waals surface area (Å²) in [5, 5.41) is 2.85. The molecule has 1 fully saturated rings. The third-order valence-corrected chi connectivity index (χ3v) is 7.62. The van der Waals surface area contributed by atoms with Gasteiger partial charge in [0.15, 0.2) is 0 Å². The number of aromatic nitrogens is 2. The van der Waals surface area contributed by atoms with Gasteiger partial charge in [-0.1, -0.05) is 24.6 Å². The highest BCUT2D eigenvalue weighted by Gasteiger charge is 2.28. The number of sulfonamides is 1. The lowest BCUT2D eigenvalue weighted by molar-refractivity contribution is 0.102. The second-order valence-electron chi connectivity index (χ2n) is 7.57. The van der Waals surface area contributed by atoms with Crippen LogP contribution in [-0.4, -0.2) is 41.3 Å². The molecule has 1 aliphatic heterocycles. The highest BCUT2D eigenvalue weighted by Crippen LogP contribution is 2.25. The monoisotopic (exact) mass is 426 g/mol. The Morgan fingerprint density at radius 3 is 2.57 bits per heavy atom. The number of hydrogen-bond acceptors (Lipinski definition) is 4. The molecule has 4 rings (SSSR count). The van der Waals surface area contributed by atoms with Crippen molar-refractivity contribution in [1.29, 1.82) is 0 Å². The van der Waals surface area contributed by atoms with Gasteiger partial charge >= 0.3 is 0 Å². The highest BCUT2D eigenvalue weighted by molar-refractivity contribution is 7.89. The minimum atomic E-state index is -3.62. The zero-order valence-electron chi connectivity index (χ0n) is 17.3. The number of aryl methyl sites for hydroxylation is 2. The van der Waals surface area contributed by atoms with E-state index in [2.05, 4.69) is 10.3 Å². The van der Waals surface area contributed by atoms with Gasteiger partial charge in [-0.15, -0.1) is 0 Å². The van der Waals surface area contributed by atoms with E-state index in [9.17, 15) is 13.2 Å². The average molecular weight is 427 g/mol. The van der Waals surface area contributed by atoms with Crippen molar-refractivity contribution in [2.45, 2.75) is 44.6 Å². The standard InChI is InChI=1S/C22H26N4O3S/c1-3-26-19-10-6-5-9-18(19)23-22(26)24-21(27)17-12-11-16(2)20(15-17)30(28,29)25-13-7-4-8-14-25/h5-6,9-12,15H,3-4,7-8,13-14H2,1-2H3,(H,23,24,27). The van der Waals surface area contributed by atoms with Crippen LogP contribution in [0.25, 0.3) is 11.0 Å². The van der Waals surface area contributed by atoms with E-state index in [4.69, 9.17) is 0 Å². The summed E-state index contributed by atoms with van der Waals surface area (Å²) in [5.74, 6) is 0.0693. The zero-order chi connectivity index (χ0) is 21.3. The van der Waals surface area contributed by atoms with Gasteiger partial charge in [0.05, 0.1) is 15.9 Å². The molecule has 1 aliphatic rings. The average Bonchev–Trinajstić information content (AvgIpc) is 3.11. The quantitative estimate of drug-likeness (QED) is 0.673. The van der Waals surface area contributed by atoms with E-state index in [-0.39, 0.29) is 10.8 Å². The van der Waals surface area contributed by atoms with Crippen molar-refractivity contribution in [3.8, 4) is 0 Å². The minimum absolute atomic E-state index is 0.195. The molecule has 3 aromatic rings. The van der Waals surface area contributed by atoms with Gasteiger partial charge in [0.25, 0.3) is 5.91 Å². The molecule has 0 atom stereocenters. The fraction of sp³-hybridized carbons (Fsp3) is 0.364. The van der Waals surface area contributed by atoms with Gasteiger partial charge < -0.3 is 4.57 Å². The molecule has 0 bridgehead atoms. The molecule has 0 radical (unpaired) electrons. The van der Waals surface area contributed by atoms with Crippen LogP contribution >= 0.6 is 0 Å². The van der Waals surface area contributed by atoms with Crippen LogP contribution in [0.1, 0.15) is 42.1 Å². The molecule has 30 heavy (non-hydrogen) atoms. The number of imidazole rings is 1. The van der Waals surface area contributed by atoms with Crippen molar-refractivity contribution in [3.05, 3.63) is 53.6 Å². The molecule has 1 saturated heterocycles. The summed E-state index contributed by atoms with van der Waals surface area (Å²) in [4.78, 5) is 17.7. The maximum Gasteiger partial charge on any atom is 0.258 e. The predicted molar refractivity (Wildman–Crippen MR) is 117 cm³/mol. The van der Waals surface area contributed by atoms with Crippen molar-refractivity contribution in [2.24, 2.45) is 0 Å². The first-order valence-corrected chi connectivity index (χ1v) is 11.7. The van der Waals surface area contributed by atoms with E-state index < -0.39 is 10.0 Å². The van der Waals surface area contributed by atoms with Crippen LogP contribution in [0.3, 0.4) is 0 Å². The molecule has 0 spiro atoms. The van der Waals surface area contributed by atoms with Crippen molar-refractivity contribution in [2.75, 3.05) is 18.4 Å². The van der Waals surface area contributed by atoms with Gasteiger partial charge in [-0.25, -0.2) is 13.4 Å². The molecular formula is C22H26N4O3S. The molecule has 7 nitrogen and oxygen atoms in total. The van der Waals surface area contributed by atoms with Gasteiger partial charge in [0.1, 0.15) is 0 Å². The van der Waals surface area contributed by atoms with E-state index in [0.29, 0.717) is 36.7 Å². The molecule has 158 valence electrons. The highest BCUT2D eigenvalue weighted by atomic mass is 32.2. The molecule has 1 aromatic heterocycles. The summed E-state index contributed by atoms with van der Waals surface area (Å²) in [5.41, 5.74) is 2.67. The summed E-state index contributed by atoms with van der Waals surface area (Å²) >= 11 is 0. The van der Waals surface area contributed by atoms with E-state index >= 15 is 0 Å². The first kappa shape index (κ1) is 20.6. The van der Waals surface area contributed by atoms with Crippen LogP contribution < -0.4 is 5.32 Å². The summed E-state index contributed by atoms with van der Waals surface area (Å²) in [7, 11) is -3.62. The second-order valence-corrected chi connectivity index (χ2v) is 9.47. The molecule has 2 heterocycles. The third-order valence-electron chi connectivity index (χ3n) is 5.58. The van der Waals surface area contributed by atoms with Crippen molar-refractivity contribution in [1.82, 2.24) is 13.9 Å². The number of rotatable bonds is 5. The molecule has 0 aliphatic carbocycles. The van der Waals surface area contributed by atoms with E-state index in [1.807, 2.05) is 35.8 Å². The Kier molecular flexibility index (Phi) is 5.62. The summed E-state index contributed by atoms with van der Waals surface area (Å²) in [6.07, 6.45) is 2.78. The molecule has 1 amide bonds. The second kappa shape index (κ2) is 8.20. The molecular weight excluding hydrogens is 400 g/mol. The topological polar surface area (TPSA) is 84.3 Å². The molecule has 0 unspecified atom stereocenters. The Bertz CT molecular complexity index is 1190. The van der Waals surface area contributed by atoms with Gasteiger partial charge in [-0.3, -0.25) is 10.1 Å². The van der Waals surface area contributed by atoms with E-state index in [1.54, 1.807) is 19.1 Å². The number of hydrogen-bond donors (Lipinski definition) is 1. The fourth-order valence-electron chi connectivity index (χ4n) is 3.93.